The first-order valence-corrected chi connectivity index (χ1v) is 14.9. The molecule has 0 aromatic heterocycles. The number of thioether (sulfide) groups is 1. The van der Waals surface area contributed by atoms with Gasteiger partial charge in [-0.3, -0.25) is 14.4 Å². The number of benzene rings is 1. The van der Waals surface area contributed by atoms with Gasteiger partial charge in [0.05, 0.1) is 35.8 Å². The average Bonchev–Trinajstić information content (AvgIpc) is 3.53. The first kappa shape index (κ1) is 29.4. The number of esters is 1. The average molecular weight is 555 g/mol. The topological polar surface area (TPSA) is 87.1 Å². The number of hydrogen-bond donors (Lipinski definition) is 1. The molecule has 8 heteroatoms. The number of fused-ring (bicyclic) bond motifs is 1. The van der Waals surface area contributed by atoms with Crippen LogP contribution in [0.2, 0.25) is 0 Å². The molecule has 3 aliphatic heterocycles. The molecule has 0 aliphatic carbocycles. The van der Waals surface area contributed by atoms with Gasteiger partial charge < -0.3 is 19.6 Å². The van der Waals surface area contributed by atoms with E-state index in [1.165, 1.54) is 0 Å². The van der Waals surface area contributed by atoms with E-state index in [1.807, 2.05) is 45.9 Å². The van der Waals surface area contributed by atoms with Gasteiger partial charge in [0.25, 0.3) is 5.91 Å². The van der Waals surface area contributed by atoms with Gasteiger partial charge in [0.15, 0.2) is 0 Å². The van der Waals surface area contributed by atoms with Gasteiger partial charge in [0.1, 0.15) is 6.04 Å². The van der Waals surface area contributed by atoms with Crippen LogP contribution in [0, 0.1) is 31.6 Å². The van der Waals surface area contributed by atoms with Crippen molar-refractivity contribution in [3.8, 4) is 0 Å². The molecular weight excluding hydrogens is 512 g/mol. The summed E-state index contributed by atoms with van der Waals surface area (Å²) in [6.45, 7) is 15.9. The number of para-hydroxylation sites is 1. The fourth-order valence-electron chi connectivity index (χ4n) is 6.99. The summed E-state index contributed by atoms with van der Waals surface area (Å²) in [6.07, 6.45) is 5.91. The Hall–Kier alpha value is -2.58. The van der Waals surface area contributed by atoms with E-state index < -0.39 is 28.7 Å². The molecule has 0 radical (unpaired) electrons. The van der Waals surface area contributed by atoms with Gasteiger partial charge in [-0.1, -0.05) is 44.2 Å². The molecule has 1 aromatic carbocycles. The minimum absolute atomic E-state index is 0.0710. The van der Waals surface area contributed by atoms with E-state index in [0.29, 0.717) is 25.8 Å². The Labute approximate surface area is 236 Å². The second-order valence-corrected chi connectivity index (χ2v) is 13.1. The Kier molecular flexibility index (Phi) is 8.96. The minimum Gasteiger partial charge on any atom is -0.465 e. The molecule has 3 saturated heterocycles. The van der Waals surface area contributed by atoms with Crippen LogP contribution in [0.5, 0.6) is 0 Å². The number of rotatable bonds is 12. The predicted molar refractivity (Wildman–Crippen MR) is 156 cm³/mol. The van der Waals surface area contributed by atoms with Crippen molar-refractivity contribution in [2.45, 2.75) is 75.5 Å². The van der Waals surface area contributed by atoms with Crippen molar-refractivity contribution in [1.82, 2.24) is 4.90 Å². The van der Waals surface area contributed by atoms with Crippen LogP contribution in [0.15, 0.2) is 43.5 Å². The molecule has 3 fully saturated rings. The lowest BCUT2D eigenvalue weighted by Gasteiger charge is -2.40. The molecule has 2 unspecified atom stereocenters. The zero-order chi connectivity index (χ0) is 28.5. The summed E-state index contributed by atoms with van der Waals surface area (Å²) in [5.41, 5.74) is 2.74. The van der Waals surface area contributed by atoms with Gasteiger partial charge in [-0.15, -0.1) is 24.9 Å². The molecule has 2 bridgehead atoms. The molecule has 39 heavy (non-hydrogen) atoms. The van der Waals surface area contributed by atoms with E-state index in [0.717, 1.165) is 23.2 Å². The van der Waals surface area contributed by atoms with Crippen LogP contribution < -0.4 is 4.90 Å². The van der Waals surface area contributed by atoms with Crippen LogP contribution in [0.4, 0.5) is 5.69 Å². The van der Waals surface area contributed by atoms with Crippen LogP contribution in [0.3, 0.4) is 0 Å². The smallest absolute Gasteiger partial charge is 0.310 e. The highest BCUT2D eigenvalue weighted by Gasteiger charge is 2.74. The monoisotopic (exact) mass is 554 g/mol. The predicted octanol–water partition coefficient (Wildman–Crippen LogP) is 4.44. The maximum atomic E-state index is 14.8. The third-order valence-corrected chi connectivity index (χ3v) is 10.4. The number of amides is 2. The molecule has 1 spiro atoms. The fourth-order valence-corrected chi connectivity index (χ4v) is 9.18. The lowest BCUT2D eigenvalue weighted by Crippen LogP contribution is -2.58. The maximum Gasteiger partial charge on any atom is 0.310 e. The van der Waals surface area contributed by atoms with Gasteiger partial charge in [-0.25, -0.2) is 0 Å². The van der Waals surface area contributed by atoms with E-state index in [1.54, 1.807) is 33.7 Å². The number of ether oxygens (including phenoxy) is 1. The third kappa shape index (κ3) is 5.06. The highest BCUT2D eigenvalue weighted by atomic mass is 32.2. The van der Waals surface area contributed by atoms with Crippen LogP contribution in [-0.4, -0.2) is 69.6 Å². The summed E-state index contributed by atoms with van der Waals surface area (Å²) in [7, 11) is 0. The highest BCUT2D eigenvalue weighted by molar-refractivity contribution is 8.02. The Bertz CT molecular complexity index is 1120. The second-order valence-electron chi connectivity index (χ2n) is 11.5. The van der Waals surface area contributed by atoms with Gasteiger partial charge in [0.2, 0.25) is 5.91 Å². The van der Waals surface area contributed by atoms with Crippen molar-refractivity contribution >= 4 is 35.2 Å². The lowest BCUT2D eigenvalue weighted by molar-refractivity contribution is -0.154. The van der Waals surface area contributed by atoms with Crippen molar-refractivity contribution in [2.24, 2.45) is 17.8 Å². The molecule has 6 atom stereocenters. The largest absolute Gasteiger partial charge is 0.465 e. The number of nitrogens with zero attached hydrogens (tertiary/aromatic N) is 2. The van der Waals surface area contributed by atoms with Crippen LogP contribution in [-0.2, 0) is 19.1 Å². The highest BCUT2D eigenvalue weighted by Crippen LogP contribution is 2.67. The number of carbonyl (C=O) groups is 3. The van der Waals surface area contributed by atoms with Crippen molar-refractivity contribution < 1.29 is 24.2 Å². The zero-order valence-electron chi connectivity index (χ0n) is 23.6. The number of hydrogen-bond acceptors (Lipinski definition) is 6. The molecule has 4 rings (SSSR count). The minimum atomic E-state index is -0.800. The van der Waals surface area contributed by atoms with E-state index in [2.05, 4.69) is 13.2 Å². The first-order valence-electron chi connectivity index (χ1n) is 14.0. The quantitative estimate of drug-likeness (QED) is 0.234. The van der Waals surface area contributed by atoms with Crippen LogP contribution >= 0.6 is 11.8 Å². The molecule has 0 saturated carbocycles. The molecule has 3 heterocycles. The van der Waals surface area contributed by atoms with Crippen LogP contribution in [0.25, 0.3) is 0 Å². The summed E-state index contributed by atoms with van der Waals surface area (Å²) in [5, 5.41) is 10.4. The molecule has 1 aromatic rings. The summed E-state index contributed by atoms with van der Waals surface area (Å²) in [5.74, 6) is -1.82. The maximum absolute atomic E-state index is 14.8. The number of aliphatic hydroxyl groups excluding tert-OH is 1. The Balaban J connectivity index is 1.82. The van der Waals surface area contributed by atoms with E-state index in [-0.39, 0.29) is 42.2 Å². The van der Waals surface area contributed by atoms with E-state index >= 15 is 0 Å². The standard InChI is InChI=1S/C31H42N2O5S/c1-7-9-16-38-30(37)24-23-13-14-31(39-23)25(24)28(35)33(22(18-34)17-19(3)4)27(31)29(36)32(15-8-2)26-20(5)11-10-12-21(26)6/h7-8,10-12,19,22-25,27,34H,1-2,9,13-18H2,3-6H3/t22-,23-,24+,25+,27?,31?/m1/s1. The SMILES string of the molecule is C=CCCOC(=O)[C@@H]1[C@H]2C(=O)N([C@@H](CO)CC(C)C)C(C(=O)N(CC=C)c3c(C)cccc3C)C23CC[C@H]1S3. The molecule has 2 amide bonds. The van der Waals surface area contributed by atoms with Crippen molar-refractivity contribution in [2.75, 3.05) is 24.7 Å². The first-order chi connectivity index (χ1) is 18.6. The number of carbonyl (C=O) groups excluding carboxylic acids is 3. The van der Waals surface area contributed by atoms with Crippen molar-refractivity contribution in [1.29, 1.82) is 0 Å². The summed E-state index contributed by atoms with van der Waals surface area (Å²) < 4.78 is 4.84. The summed E-state index contributed by atoms with van der Waals surface area (Å²) in [4.78, 5) is 45.9. The molecule has 3 aliphatic rings. The van der Waals surface area contributed by atoms with Gasteiger partial charge in [-0.2, -0.15) is 0 Å². The molecular formula is C31H42N2O5S. The van der Waals surface area contributed by atoms with E-state index in [9.17, 15) is 19.5 Å². The van der Waals surface area contributed by atoms with E-state index in [4.69, 9.17) is 4.74 Å². The fraction of sp³-hybridized carbons (Fsp3) is 0.581. The Morgan fingerprint density at radius 2 is 1.95 bits per heavy atom. The second kappa shape index (κ2) is 11.9. The van der Waals surface area contributed by atoms with Gasteiger partial charge >= 0.3 is 5.97 Å². The number of aryl methyl sites for hydroxylation is 2. The molecule has 1 N–H and O–H groups in total. The zero-order valence-corrected chi connectivity index (χ0v) is 24.4. The number of anilines is 1. The summed E-state index contributed by atoms with van der Waals surface area (Å²) in [6, 6.07) is 4.60. The number of aliphatic hydroxyl groups is 1. The molecule has 7 nitrogen and oxygen atoms in total. The van der Waals surface area contributed by atoms with Gasteiger partial charge in [0, 0.05) is 17.5 Å². The normalized spacial score (nSPS) is 27.9. The Morgan fingerprint density at radius 3 is 2.54 bits per heavy atom. The van der Waals surface area contributed by atoms with Gasteiger partial charge in [-0.05, 0) is 56.6 Å². The third-order valence-electron chi connectivity index (χ3n) is 8.45. The van der Waals surface area contributed by atoms with Crippen molar-refractivity contribution in [3.05, 3.63) is 54.6 Å². The number of likely N-dealkylation sites (tertiary alicyclic amines) is 1. The lowest BCUT2D eigenvalue weighted by atomic mass is 9.71. The molecule has 212 valence electrons. The Morgan fingerprint density at radius 1 is 1.26 bits per heavy atom. The van der Waals surface area contributed by atoms with Crippen molar-refractivity contribution in [3.63, 3.8) is 0 Å². The van der Waals surface area contributed by atoms with Crippen LogP contribution in [0.1, 0.15) is 50.7 Å². The summed E-state index contributed by atoms with van der Waals surface area (Å²) >= 11 is 1.62.